The molecule has 0 spiro atoms. The summed E-state index contributed by atoms with van der Waals surface area (Å²) in [5.74, 6) is 0.815. The summed E-state index contributed by atoms with van der Waals surface area (Å²) in [5.41, 5.74) is 0.197. The maximum atomic E-state index is 12.5. The molecular formula is C15H16N2O5S. The fourth-order valence-corrected chi connectivity index (χ4v) is 4.04. The Morgan fingerprint density at radius 2 is 1.96 bits per heavy atom. The van der Waals surface area contributed by atoms with Gasteiger partial charge in [0.05, 0.1) is 12.0 Å². The molecule has 1 aromatic heterocycles. The normalized spacial score (nSPS) is 15.3. The van der Waals surface area contributed by atoms with E-state index in [0.29, 0.717) is 11.5 Å². The highest BCUT2D eigenvalue weighted by Crippen LogP contribution is 2.26. The lowest BCUT2D eigenvalue weighted by atomic mass is 10.2. The van der Waals surface area contributed by atoms with Crippen LogP contribution in [0.15, 0.2) is 39.8 Å². The van der Waals surface area contributed by atoms with Crippen LogP contribution in [-0.4, -0.2) is 49.8 Å². The van der Waals surface area contributed by atoms with Crippen LogP contribution in [0.4, 0.5) is 0 Å². The molecule has 1 fully saturated rings. The first-order chi connectivity index (χ1) is 10.9. The average molecular weight is 336 g/mol. The predicted molar refractivity (Wildman–Crippen MR) is 81.1 cm³/mol. The van der Waals surface area contributed by atoms with E-state index in [0.717, 1.165) is 0 Å². The van der Waals surface area contributed by atoms with Gasteiger partial charge in [-0.25, -0.2) is 8.42 Å². The Labute approximate surface area is 133 Å². The van der Waals surface area contributed by atoms with Crippen molar-refractivity contribution in [3.05, 3.63) is 41.8 Å². The molecule has 1 aliphatic rings. The van der Waals surface area contributed by atoms with Crippen LogP contribution >= 0.6 is 0 Å². The van der Waals surface area contributed by atoms with Crippen molar-refractivity contribution in [1.82, 2.24) is 10.1 Å². The molecule has 7 nitrogen and oxygen atoms in total. The van der Waals surface area contributed by atoms with Crippen LogP contribution in [0.2, 0.25) is 0 Å². The molecule has 2 aromatic rings. The highest BCUT2D eigenvalue weighted by molar-refractivity contribution is 7.92. The van der Waals surface area contributed by atoms with Crippen molar-refractivity contribution < 1.29 is 22.5 Å². The van der Waals surface area contributed by atoms with Gasteiger partial charge in [-0.05, 0) is 31.2 Å². The molecule has 0 atom stereocenters. The number of benzene rings is 1. The van der Waals surface area contributed by atoms with Crippen LogP contribution in [-0.2, 0) is 9.84 Å². The summed E-state index contributed by atoms with van der Waals surface area (Å²) in [6.45, 7) is 2.00. The Bertz CT molecular complexity index is 820. The first kappa shape index (κ1) is 15.5. The molecule has 2 heterocycles. The lowest BCUT2D eigenvalue weighted by Gasteiger charge is -2.38. The molecule has 1 amide bonds. The number of methoxy groups -OCH3 is 1. The number of amides is 1. The molecule has 23 heavy (non-hydrogen) atoms. The minimum absolute atomic E-state index is 0.152. The third kappa shape index (κ3) is 2.81. The number of rotatable bonds is 4. The van der Waals surface area contributed by atoms with E-state index in [4.69, 9.17) is 9.26 Å². The molecule has 3 rings (SSSR count). The van der Waals surface area contributed by atoms with Gasteiger partial charge in [-0.15, -0.1) is 0 Å². The average Bonchev–Trinajstić information content (AvgIpc) is 2.92. The van der Waals surface area contributed by atoms with Gasteiger partial charge in [0, 0.05) is 19.2 Å². The fraction of sp³-hybridized carbons (Fsp3) is 0.333. The largest absolute Gasteiger partial charge is 0.497 e. The molecule has 1 saturated heterocycles. The second-order valence-corrected chi connectivity index (χ2v) is 7.60. The van der Waals surface area contributed by atoms with Crippen LogP contribution in [0, 0.1) is 6.92 Å². The Hall–Kier alpha value is -2.35. The first-order valence-electron chi connectivity index (χ1n) is 7.02. The topological polar surface area (TPSA) is 89.7 Å². The number of aryl methyl sites for hydroxylation is 1. The number of sulfone groups is 1. The lowest BCUT2D eigenvalue weighted by molar-refractivity contribution is 0.0648. The van der Waals surface area contributed by atoms with Crippen molar-refractivity contribution in [2.24, 2.45) is 0 Å². The molecule has 0 N–H and O–H groups in total. The van der Waals surface area contributed by atoms with Crippen molar-refractivity contribution in [3.8, 4) is 5.75 Å². The van der Waals surface area contributed by atoms with E-state index in [1.54, 1.807) is 19.1 Å². The molecule has 8 heteroatoms. The van der Waals surface area contributed by atoms with Crippen LogP contribution < -0.4 is 4.74 Å². The third-order valence-corrected chi connectivity index (χ3v) is 5.91. The minimum atomic E-state index is -3.46. The van der Waals surface area contributed by atoms with Gasteiger partial charge in [-0.1, -0.05) is 5.16 Å². The zero-order valence-corrected chi connectivity index (χ0v) is 13.5. The van der Waals surface area contributed by atoms with Gasteiger partial charge < -0.3 is 14.2 Å². The number of aromatic nitrogens is 1. The number of nitrogens with zero attached hydrogens (tertiary/aromatic N) is 2. The maximum absolute atomic E-state index is 12.5. The van der Waals surface area contributed by atoms with Gasteiger partial charge >= 0.3 is 0 Å². The highest BCUT2D eigenvalue weighted by atomic mass is 32.2. The van der Waals surface area contributed by atoms with Crippen molar-refractivity contribution in [1.29, 1.82) is 0 Å². The van der Waals surface area contributed by atoms with Crippen molar-refractivity contribution in [2.45, 2.75) is 17.1 Å². The molecule has 0 aliphatic carbocycles. The highest BCUT2D eigenvalue weighted by Gasteiger charge is 2.41. The van der Waals surface area contributed by atoms with Crippen LogP contribution in [0.1, 0.15) is 16.2 Å². The predicted octanol–water partition coefficient (Wildman–Crippen LogP) is 1.29. The summed E-state index contributed by atoms with van der Waals surface area (Å²) in [6, 6.07) is 7.77. The Morgan fingerprint density at radius 1 is 1.30 bits per heavy atom. The summed E-state index contributed by atoms with van der Waals surface area (Å²) in [7, 11) is -1.95. The van der Waals surface area contributed by atoms with Crippen LogP contribution in [0.5, 0.6) is 5.75 Å². The molecule has 0 bridgehead atoms. The van der Waals surface area contributed by atoms with Gasteiger partial charge in [0.15, 0.2) is 15.5 Å². The van der Waals surface area contributed by atoms with Gasteiger partial charge in [-0.3, -0.25) is 4.79 Å². The van der Waals surface area contributed by atoms with E-state index in [1.165, 1.54) is 30.2 Å². The molecular weight excluding hydrogens is 320 g/mol. The number of hydrogen-bond donors (Lipinski definition) is 0. The molecule has 1 aliphatic heterocycles. The maximum Gasteiger partial charge on any atom is 0.276 e. The van der Waals surface area contributed by atoms with E-state index < -0.39 is 15.1 Å². The van der Waals surface area contributed by atoms with Crippen LogP contribution in [0.25, 0.3) is 0 Å². The molecule has 0 saturated carbocycles. The summed E-state index contributed by atoms with van der Waals surface area (Å²) in [5, 5.41) is 3.05. The molecule has 1 aromatic carbocycles. The second kappa shape index (κ2) is 5.69. The zero-order valence-electron chi connectivity index (χ0n) is 12.7. The smallest absolute Gasteiger partial charge is 0.276 e. The Morgan fingerprint density at radius 3 is 2.48 bits per heavy atom. The van der Waals surface area contributed by atoms with E-state index in [1.807, 2.05) is 0 Å². The lowest BCUT2D eigenvalue weighted by Crippen LogP contribution is -2.56. The summed E-state index contributed by atoms with van der Waals surface area (Å²) < 4.78 is 34.9. The van der Waals surface area contributed by atoms with E-state index in [9.17, 15) is 13.2 Å². The van der Waals surface area contributed by atoms with E-state index in [2.05, 4.69) is 5.16 Å². The van der Waals surface area contributed by atoms with E-state index >= 15 is 0 Å². The number of carbonyl (C=O) groups is 1. The van der Waals surface area contributed by atoms with Crippen molar-refractivity contribution in [3.63, 3.8) is 0 Å². The monoisotopic (exact) mass is 336 g/mol. The molecule has 0 unspecified atom stereocenters. The summed E-state index contributed by atoms with van der Waals surface area (Å²) in [6.07, 6.45) is 0. The van der Waals surface area contributed by atoms with Crippen LogP contribution in [0.3, 0.4) is 0 Å². The first-order valence-corrected chi connectivity index (χ1v) is 8.57. The molecule has 122 valence electrons. The number of hydrogen-bond acceptors (Lipinski definition) is 6. The Balaban J connectivity index is 1.69. The quantitative estimate of drug-likeness (QED) is 0.836. The fourth-order valence-electron chi connectivity index (χ4n) is 2.39. The number of ether oxygens (including phenoxy) is 1. The minimum Gasteiger partial charge on any atom is -0.497 e. The van der Waals surface area contributed by atoms with Crippen molar-refractivity contribution >= 4 is 15.7 Å². The second-order valence-electron chi connectivity index (χ2n) is 5.38. The van der Waals surface area contributed by atoms with Gasteiger partial charge in [0.25, 0.3) is 5.91 Å². The Kier molecular flexibility index (Phi) is 3.85. The van der Waals surface area contributed by atoms with E-state index in [-0.39, 0.29) is 29.6 Å². The number of likely N-dealkylation sites (tertiary alicyclic amines) is 1. The van der Waals surface area contributed by atoms with Crippen molar-refractivity contribution in [2.75, 3.05) is 20.2 Å². The standard InChI is InChI=1S/C15H16N2O5S/c1-10-7-14(16-22-10)15(18)17-8-13(9-17)23(19,20)12-5-3-11(21-2)4-6-12/h3-7,13H,8-9H2,1-2H3. The molecule has 0 radical (unpaired) electrons. The van der Waals surface area contributed by atoms with Gasteiger partial charge in [0.1, 0.15) is 16.8 Å². The zero-order chi connectivity index (χ0) is 16.6. The SMILES string of the molecule is COc1ccc(S(=O)(=O)C2CN(C(=O)c3cc(C)on3)C2)cc1. The summed E-state index contributed by atoms with van der Waals surface area (Å²) >= 11 is 0. The van der Waals surface area contributed by atoms with Gasteiger partial charge in [0.2, 0.25) is 0 Å². The third-order valence-electron chi connectivity index (χ3n) is 3.81. The number of carbonyl (C=O) groups excluding carboxylic acids is 1. The van der Waals surface area contributed by atoms with Gasteiger partial charge in [-0.2, -0.15) is 0 Å². The summed E-state index contributed by atoms with van der Waals surface area (Å²) in [4.78, 5) is 13.8.